The number of hydrogen-bond donors (Lipinski definition) is 1. The normalized spacial score (nSPS) is 10.5. The van der Waals surface area contributed by atoms with E-state index in [1.54, 1.807) is 19.4 Å². The smallest absolute Gasteiger partial charge is 0.221 e. The molecule has 0 fully saturated rings. The third-order valence-corrected chi connectivity index (χ3v) is 3.04. The third-order valence-electron chi connectivity index (χ3n) is 3.04. The van der Waals surface area contributed by atoms with Crippen molar-refractivity contribution in [2.45, 2.75) is 0 Å². The molecule has 0 aliphatic heterocycles. The van der Waals surface area contributed by atoms with Gasteiger partial charge in [0.1, 0.15) is 5.82 Å². The van der Waals surface area contributed by atoms with Crippen LogP contribution in [0.4, 0.5) is 15.8 Å². The summed E-state index contributed by atoms with van der Waals surface area (Å²) in [5.74, 6) is 0.306. The third kappa shape index (κ3) is 2.40. The summed E-state index contributed by atoms with van der Waals surface area (Å²) in [6, 6.07) is 14.1. The van der Waals surface area contributed by atoms with E-state index in [-0.39, 0.29) is 5.82 Å². The van der Waals surface area contributed by atoms with E-state index in [4.69, 9.17) is 4.74 Å². The SMILES string of the molecule is COc1nccc2ccc(Nc3cccc(F)c3)cc12. The van der Waals surface area contributed by atoms with Crippen LogP contribution in [0.25, 0.3) is 10.8 Å². The molecule has 0 aliphatic rings. The highest BCUT2D eigenvalue weighted by Crippen LogP contribution is 2.27. The second kappa shape index (κ2) is 5.17. The molecule has 3 nitrogen and oxygen atoms in total. The zero-order chi connectivity index (χ0) is 13.9. The van der Waals surface area contributed by atoms with Gasteiger partial charge in [-0.15, -0.1) is 0 Å². The number of fused-ring (bicyclic) bond motifs is 1. The number of benzene rings is 2. The summed E-state index contributed by atoms with van der Waals surface area (Å²) in [6.45, 7) is 0. The van der Waals surface area contributed by atoms with Gasteiger partial charge in [0.25, 0.3) is 0 Å². The second-order valence-electron chi connectivity index (χ2n) is 4.39. The van der Waals surface area contributed by atoms with Gasteiger partial charge in [0, 0.05) is 23.0 Å². The summed E-state index contributed by atoms with van der Waals surface area (Å²) < 4.78 is 18.4. The van der Waals surface area contributed by atoms with Crippen molar-refractivity contribution >= 4 is 22.1 Å². The molecule has 0 radical (unpaired) electrons. The van der Waals surface area contributed by atoms with Gasteiger partial charge in [0.15, 0.2) is 0 Å². The molecule has 0 bridgehead atoms. The van der Waals surface area contributed by atoms with Crippen LogP contribution in [0.5, 0.6) is 5.88 Å². The molecule has 1 N–H and O–H groups in total. The van der Waals surface area contributed by atoms with Gasteiger partial charge in [-0.05, 0) is 41.8 Å². The lowest BCUT2D eigenvalue weighted by Crippen LogP contribution is -1.93. The zero-order valence-corrected chi connectivity index (χ0v) is 10.9. The lowest BCUT2D eigenvalue weighted by molar-refractivity contribution is 0.403. The first-order valence-electron chi connectivity index (χ1n) is 6.21. The van der Waals surface area contributed by atoms with Gasteiger partial charge in [0.05, 0.1) is 7.11 Å². The summed E-state index contributed by atoms with van der Waals surface area (Å²) in [4.78, 5) is 4.18. The highest BCUT2D eigenvalue weighted by molar-refractivity contribution is 5.90. The van der Waals surface area contributed by atoms with Crippen molar-refractivity contribution < 1.29 is 9.13 Å². The minimum Gasteiger partial charge on any atom is -0.481 e. The van der Waals surface area contributed by atoms with Gasteiger partial charge in [0.2, 0.25) is 5.88 Å². The van der Waals surface area contributed by atoms with Gasteiger partial charge < -0.3 is 10.1 Å². The molecule has 0 spiro atoms. The Bertz CT molecular complexity index is 758. The highest BCUT2D eigenvalue weighted by Gasteiger charge is 2.04. The molecule has 3 rings (SSSR count). The Morgan fingerprint density at radius 1 is 1.05 bits per heavy atom. The maximum absolute atomic E-state index is 13.2. The number of hydrogen-bond acceptors (Lipinski definition) is 3. The van der Waals surface area contributed by atoms with Crippen LogP contribution in [0.2, 0.25) is 0 Å². The van der Waals surface area contributed by atoms with E-state index in [1.165, 1.54) is 12.1 Å². The number of aromatic nitrogens is 1. The van der Waals surface area contributed by atoms with Crippen molar-refractivity contribution in [3.05, 3.63) is 60.5 Å². The molecule has 2 aromatic carbocycles. The molecule has 0 saturated heterocycles. The van der Waals surface area contributed by atoms with Gasteiger partial charge in [-0.2, -0.15) is 0 Å². The van der Waals surface area contributed by atoms with Gasteiger partial charge in [-0.25, -0.2) is 9.37 Å². The maximum atomic E-state index is 13.2. The van der Waals surface area contributed by atoms with Crippen LogP contribution in [0, 0.1) is 5.82 Å². The van der Waals surface area contributed by atoms with Crippen LogP contribution < -0.4 is 10.1 Å². The molecular weight excluding hydrogens is 255 g/mol. The molecule has 20 heavy (non-hydrogen) atoms. The molecule has 100 valence electrons. The van der Waals surface area contributed by atoms with E-state index < -0.39 is 0 Å². The Balaban J connectivity index is 2.00. The van der Waals surface area contributed by atoms with E-state index in [0.717, 1.165) is 16.5 Å². The fraction of sp³-hybridized carbons (Fsp3) is 0.0625. The molecule has 1 heterocycles. The number of rotatable bonds is 3. The summed E-state index contributed by atoms with van der Waals surface area (Å²) in [7, 11) is 1.59. The van der Waals surface area contributed by atoms with Gasteiger partial charge in [-0.3, -0.25) is 0 Å². The fourth-order valence-corrected chi connectivity index (χ4v) is 2.11. The molecule has 1 aromatic heterocycles. The number of halogens is 1. The van der Waals surface area contributed by atoms with Crippen LogP contribution >= 0.6 is 0 Å². The topological polar surface area (TPSA) is 34.1 Å². The van der Waals surface area contributed by atoms with Crippen LogP contribution in [0.3, 0.4) is 0 Å². The van der Waals surface area contributed by atoms with Crippen molar-refractivity contribution in [2.75, 3.05) is 12.4 Å². The fourth-order valence-electron chi connectivity index (χ4n) is 2.11. The summed E-state index contributed by atoms with van der Waals surface area (Å²) in [5.41, 5.74) is 1.56. The molecule has 0 amide bonds. The second-order valence-corrected chi connectivity index (χ2v) is 4.39. The van der Waals surface area contributed by atoms with E-state index in [9.17, 15) is 4.39 Å². The number of methoxy groups -OCH3 is 1. The lowest BCUT2D eigenvalue weighted by atomic mass is 10.1. The number of nitrogens with one attached hydrogen (secondary N) is 1. The summed E-state index contributed by atoms with van der Waals surface area (Å²) >= 11 is 0. The molecule has 0 aliphatic carbocycles. The Kier molecular flexibility index (Phi) is 3.21. The Morgan fingerprint density at radius 2 is 1.90 bits per heavy atom. The first-order chi connectivity index (χ1) is 9.76. The molecule has 0 unspecified atom stereocenters. The summed E-state index contributed by atoms with van der Waals surface area (Å²) in [5, 5.41) is 5.12. The van der Waals surface area contributed by atoms with Crippen LogP contribution in [0.1, 0.15) is 0 Å². The first kappa shape index (κ1) is 12.4. The average Bonchev–Trinajstić information content (AvgIpc) is 2.46. The summed E-state index contributed by atoms with van der Waals surface area (Å²) in [6.07, 6.45) is 1.71. The predicted molar refractivity (Wildman–Crippen MR) is 78.0 cm³/mol. The van der Waals surface area contributed by atoms with E-state index in [0.29, 0.717) is 11.6 Å². The van der Waals surface area contributed by atoms with E-state index >= 15 is 0 Å². The number of anilines is 2. The Labute approximate surface area is 116 Å². The molecule has 0 atom stereocenters. The lowest BCUT2D eigenvalue weighted by Gasteiger charge is -2.09. The largest absolute Gasteiger partial charge is 0.481 e. The Morgan fingerprint density at radius 3 is 2.70 bits per heavy atom. The number of pyridine rings is 1. The molecule has 4 heteroatoms. The van der Waals surface area contributed by atoms with Crippen molar-refractivity contribution in [1.29, 1.82) is 0 Å². The van der Waals surface area contributed by atoms with E-state index in [1.807, 2.05) is 30.3 Å². The molecular formula is C16H13FN2O. The minimum absolute atomic E-state index is 0.268. The predicted octanol–water partition coefficient (Wildman–Crippen LogP) is 4.13. The molecule has 0 saturated carbocycles. The monoisotopic (exact) mass is 268 g/mol. The average molecular weight is 268 g/mol. The standard InChI is InChI=1S/C16H13FN2O/c1-20-16-15-10-14(6-5-11(15)7-8-18-16)19-13-4-2-3-12(17)9-13/h2-10,19H,1H3. The minimum atomic E-state index is -0.268. The Hall–Kier alpha value is -2.62. The highest BCUT2D eigenvalue weighted by atomic mass is 19.1. The van der Waals surface area contributed by atoms with Gasteiger partial charge in [-0.1, -0.05) is 12.1 Å². The van der Waals surface area contributed by atoms with Crippen LogP contribution in [-0.4, -0.2) is 12.1 Å². The van der Waals surface area contributed by atoms with Crippen LogP contribution in [-0.2, 0) is 0 Å². The molecule has 3 aromatic rings. The maximum Gasteiger partial charge on any atom is 0.221 e. The quantitative estimate of drug-likeness (QED) is 0.775. The van der Waals surface area contributed by atoms with Gasteiger partial charge >= 0.3 is 0 Å². The first-order valence-corrected chi connectivity index (χ1v) is 6.21. The van der Waals surface area contributed by atoms with Crippen molar-refractivity contribution in [2.24, 2.45) is 0 Å². The zero-order valence-electron chi connectivity index (χ0n) is 10.9. The van der Waals surface area contributed by atoms with E-state index in [2.05, 4.69) is 10.3 Å². The number of ether oxygens (including phenoxy) is 1. The van der Waals surface area contributed by atoms with Crippen molar-refractivity contribution in [3.63, 3.8) is 0 Å². The van der Waals surface area contributed by atoms with Crippen molar-refractivity contribution in [1.82, 2.24) is 4.98 Å². The van der Waals surface area contributed by atoms with Crippen molar-refractivity contribution in [3.8, 4) is 5.88 Å². The number of nitrogens with zero attached hydrogens (tertiary/aromatic N) is 1. The van der Waals surface area contributed by atoms with Crippen LogP contribution in [0.15, 0.2) is 54.7 Å².